The van der Waals surface area contributed by atoms with Gasteiger partial charge in [-0.25, -0.2) is 0 Å². The van der Waals surface area contributed by atoms with Gasteiger partial charge >= 0.3 is 0 Å². The Balaban J connectivity index is 2.24. The minimum absolute atomic E-state index is 0.113. The fourth-order valence-electron chi connectivity index (χ4n) is 2.89. The molecule has 0 aromatic heterocycles. The smallest absolute Gasteiger partial charge is 0.0768 e. The summed E-state index contributed by atoms with van der Waals surface area (Å²) in [6, 6.07) is 5.47. The van der Waals surface area contributed by atoms with Crippen LogP contribution in [0.1, 0.15) is 32.6 Å². The van der Waals surface area contributed by atoms with Crippen LogP contribution in [0, 0.1) is 5.92 Å². The molecule has 18 heavy (non-hydrogen) atoms. The summed E-state index contributed by atoms with van der Waals surface area (Å²) >= 11 is 6.18. The van der Waals surface area contributed by atoms with Crippen LogP contribution in [0.4, 0.5) is 11.4 Å². The van der Waals surface area contributed by atoms with E-state index in [1.807, 2.05) is 18.2 Å². The molecule has 4 heteroatoms. The fourth-order valence-corrected chi connectivity index (χ4v) is 3.12. The summed E-state index contributed by atoms with van der Waals surface area (Å²) in [4.78, 5) is 0. The van der Waals surface area contributed by atoms with Gasteiger partial charge in [0.15, 0.2) is 0 Å². The lowest BCUT2D eigenvalue weighted by Crippen LogP contribution is -2.46. The SMILES string of the molecule is CC1CCCC(CO)(Nc2c(N)cccc2Cl)C1. The van der Waals surface area contributed by atoms with Crippen LogP contribution >= 0.6 is 11.6 Å². The first-order valence-corrected chi connectivity index (χ1v) is 6.87. The van der Waals surface area contributed by atoms with Gasteiger partial charge in [0.1, 0.15) is 0 Å². The predicted octanol–water partition coefficient (Wildman–Crippen LogP) is 3.28. The second-order valence-electron chi connectivity index (χ2n) is 5.47. The number of aliphatic hydroxyl groups is 1. The third-order valence-corrected chi connectivity index (χ3v) is 4.15. The molecule has 2 unspecified atom stereocenters. The lowest BCUT2D eigenvalue weighted by molar-refractivity contribution is 0.149. The molecule has 100 valence electrons. The van der Waals surface area contributed by atoms with Crippen LogP contribution in [0.25, 0.3) is 0 Å². The molecule has 0 aliphatic heterocycles. The highest BCUT2D eigenvalue weighted by Crippen LogP contribution is 2.38. The molecule has 0 heterocycles. The third kappa shape index (κ3) is 2.73. The van der Waals surface area contributed by atoms with E-state index in [9.17, 15) is 5.11 Å². The molecule has 0 radical (unpaired) electrons. The van der Waals surface area contributed by atoms with Crippen molar-refractivity contribution in [3.05, 3.63) is 23.2 Å². The molecule has 0 bridgehead atoms. The normalized spacial score (nSPS) is 28.1. The lowest BCUT2D eigenvalue weighted by Gasteiger charge is -2.40. The minimum atomic E-state index is -0.281. The Hall–Kier alpha value is -0.930. The van der Waals surface area contributed by atoms with Gasteiger partial charge in [-0.2, -0.15) is 0 Å². The molecule has 2 atom stereocenters. The molecule has 0 amide bonds. The predicted molar refractivity (Wildman–Crippen MR) is 76.9 cm³/mol. The fraction of sp³-hybridized carbons (Fsp3) is 0.571. The monoisotopic (exact) mass is 268 g/mol. The number of rotatable bonds is 3. The van der Waals surface area contributed by atoms with Crippen molar-refractivity contribution in [2.75, 3.05) is 17.7 Å². The summed E-state index contributed by atoms with van der Waals surface area (Å²) in [5.41, 5.74) is 7.06. The summed E-state index contributed by atoms with van der Waals surface area (Å²) in [5.74, 6) is 0.613. The number of para-hydroxylation sites is 1. The van der Waals surface area contributed by atoms with E-state index < -0.39 is 0 Å². The van der Waals surface area contributed by atoms with Crippen molar-refractivity contribution >= 4 is 23.0 Å². The molecule has 2 rings (SSSR count). The maximum atomic E-state index is 9.76. The van der Waals surface area contributed by atoms with E-state index >= 15 is 0 Å². The van der Waals surface area contributed by atoms with E-state index in [0.717, 1.165) is 24.9 Å². The molecule has 1 saturated carbocycles. The van der Waals surface area contributed by atoms with Crippen LogP contribution in [0.5, 0.6) is 0 Å². The van der Waals surface area contributed by atoms with Crippen LogP contribution < -0.4 is 11.1 Å². The van der Waals surface area contributed by atoms with Crippen molar-refractivity contribution in [1.82, 2.24) is 0 Å². The Morgan fingerprint density at radius 2 is 2.33 bits per heavy atom. The van der Waals surface area contributed by atoms with Gasteiger partial charge in [0, 0.05) is 0 Å². The van der Waals surface area contributed by atoms with Crippen molar-refractivity contribution in [3.8, 4) is 0 Å². The maximum absolute atomic E-state index is 9.76. The van der Waals surface area contributed by atoms with Crippen molar-refractivity contribution in [1.29, 1.82) is 0 Å². The highest BCUT2D eigenvalue weighted by molar-refractivity contribution is 6.33. The summed E-state index contributed by atoms with van der Waals surface area (Å²) in [6.07, 6.45) is 4.26. The van der Waals surface area contributed by atoms with E-state index in [0.29, 0.717) is 16.6 Å². The van der Waals surface area contributed by atoms with E-state index in [2.05, 4.69) is 12.2 Å². The largest absolute Gasteiger partial charge is 0.397 e. The van der Waals surface area contributed by atoms with Gasteiger partial charge in [0.2, 0.25) is 0 Å². The highest BCUT2D eigenvalue weighted by atomic mass is 35.5. The number of hydrogen-bond donors (Lipinski definition) is 3. The molecule has 1 aromatic rings. The van der Waals surface area contributed by atoms with E-state index in [4.69, 9.17) is 17.3 Å². The van der Waals surface area contributed by atoms with Crippen LogP contribution in [0.15, 0.2) is 18.2 Å². The second kappa shape index (κ2) is 5.37. The molecule has 1 aromatic carbocycles. The Labute approximate surface area is 113 Å². The molecular formula is C14H21ClN2O. The summed E-state index contributed by atoms with van der Waals surface area (Å²) in [5, 5.41) is 13.8. The van der Waals surface area contributed by atoms with E-state index in [1.54, 1.807) is 0 Å². The van der Waals surface area contributed by atoms with E-state index in [1.165, 1.54) is 6.42 Å². The Morgan fingerprint density at radius 1 is 1.56 bits per heavy atom. The average Bonchev–Trinajstić information content (AvgIpc) is 2.34. The molecule has 1 fully saturated rings. The molecule has 0 saturated heterocycles. The number of aliphatic hydroxyl groups excluding tert-OH is 1. The van der Waals surface area contributed by atoms with Gasteiger partial charge in [-0.05, 0) is 30.9 Å². The minimum Gasteiger partial charge on any atom is -0.397 e. The lowest BCUT2D eigenvalue weighted by atomic mass is 9.76. The zero-order valence-corrected chi connectivity index (χ0v) is 11.5. The first kappa shape index (κ1) is 13.5. The van der Waals surface area contributed by atoms with Gasteiger partial charge in [-0.3, -0.25) is 0 Å². The molecule has 3 nitrogen and oxygen atoms in total. The zero-order chi connectivity index (χ0) is 13.2. The Kier molecular flexibility index (Phi) is 4.03. The topological polar surface area (TPSA) is 58.3 Å². The number of nitrogen functional groups attached to an aromatic ring is 1. The van der Waals surface area contributed by atoms with Gasteiger partial charge in [0.05, 0.1) is 28.5 Å². The average molecular weight is 269 g/mol. The molecule has 4 N–H and O–H groups in total. The summed E-state index contributed by atoms with van der Waals surface area (Å²) < 4.78 is 0. The van der Waals surface area contributed by atoms with Gasteiger partial charge in [-0.1, -0.05) is 37.4 Å². The van der Waals surface area contributed by atoms with Crippen molar-refractivity contribution in [2.45, 2.75) is 38.1 Å². The maximum Gasteiger partial charge on any atom is 0.0768 e. The van der Waals surface area contributed by atoms with Crippen LogP contribution in [-0.4, -0.2) is 17.3 Å². The molecule has 0 spiro atoms. The van der Waals surface area contributed by atoms with Crippen molar-refractivity contribution in [3.63, 3.8) is 0 Å². The van der Waals surface area contributed by atoms with Crippen LogP contribution in [0.3, 0.4) is 0 Å². The first-order valence-electron chi connectivity index (χ1n) is 6.49. The van der Waals surface area contributed by atoms with Gasteiger partial charge in [0.25, 0.3) is 0 Å². The van der Waals surface area contributed by atoms with E-state index in [-0.39, 0.29) is 12.1 Å². The Morgan fingerprint density at radius 3 is 2.94 bits per heavy atom. The third-order valence-electron chi connectivity index (χ3n) is 3.83. The second-order valence-corrected chi connectivity index (χ2v) is 5.88. The van der Waals surface area contributed by atoms with Gasteiger partial charge < -0.3 is 16.2 Å². The van der Waals surface area contributed by atoms with Crippen LogP contribution in [0.2, 0.25) is 5.02 Å². The molecule has 1 aliphatic rings. The van der Waals surface area contributed by atoms with Gasteiger partial charge in [-0.15, -0.1) is 0 Å². The quantitative estimate of drug-likeness (QED) is 0.738. The first-order chi connectivity index (χ1) is 8.56. The zero-order valence-electron chi connectivity index (χ0n) is 10.7. The van der Waals surface area contributed by atoms with Crippen LogP contribution in [-0.2, 0) is 0 Å². The summed E-state index contributed by atoms with van der Waals surface area (Å²) in [6.45, 7) is 2.34. The highest BCUT2D eigenvalue weighted by Gasteiger charge is 2.35. The number of benzene rings is 1. The standard InChI is InChI=1S/C14H21ClN2O/c1-10-4-3-7-14(8-10,9-18)17-13-11(15)5-2-6-12(13)16/h2,5-6,10,17-18H,3-4,7-9,16H2,1H3. The Bertz CT molecular complexity index is 404. The number of anilines is 2. The number of hydrogen-bond acceptors (Lipinski definition) is 3. The summed E-state index contributed by atoms with van der Waals surface area (Å²) in [7, 11) is 0. The number of nitrogens with one attached hydrogen (secondary N) is 1. The van der Waals surface area contributed by atoms with Crippen molar-refractivity contribution < 1.29 is 5.11 Å². The number of halogens is 1. The molecular weight excluding hydrogens is 248 g/mol. The van der Waals surface area contributed by atoms with Crippen molar-refractivity contribution in [2.24, 2.45) is 5.92 Å². The number of nitrogens with two attached hydrogens (primary N) is 1. The molecule has 1 aliphatic carbocycles.